The van der Waals surface area contributed by atoms with Crippen molar-refractivity contribution >= 4 is 11.8 Å². The van der Waals surface area contributed by atoms with Crippen molar-refractivity contribution in [3.05, 3.63) is 77.0 Å². The van der Waals surface area contributed by atoms with Gasteiger partial charge in [0, 0.05) is 11.3 Å². The molecule has 2 heterocycles. The predicted octanol–water partition coefficient (Wildman–Crippen LogP) is 5.11. The Kier molecular flexibility index (Phi) is 3.49. The molecule has 0 radical (unpaired) electrons. The third kappa shape index (κ3) is 2.52. The van der Waals surface area contributed by atoms with Crippen molar-refractivity contribution in [2.45, 2.75) is 26.9 Å². The van der Waals surface area contributed by atoms with Gasteiger partial charge in [-0.15, -0.1) is 0 Å². The topological polar surface area (TPSA) is 29.9 Å². The highest BCUT2D eigenvalue weighted by Gasteiger charge is 2.24. The van der Waals surface area contributed by atoms with Crippen LogP contribution < -0.4 is 5.32 Å². The minimum Gasteiger partial charge on any atom is -0.360 e. The van der Waals surface area contributed by atoms with Crippen molar-refractivity contribution in [1.82, 2.24) is 9.78 Å². The summed E-state index contributed by atoms with van der Waals surface area (Å²) in [4.78, 5) is 0. The lowest BCUT2D eigenvalue weighted by Crippen LogP contribution is -2.23. The summed E-state index contributed by atoms with van der Waals surface area (Å²) in [5, 5.41) is 8.35. The van der Waals surface area contributed by atoms with Gasteiger partial charge in [0.25, 0.3) is 0 Å². The molecular formula is C21H21N3. The molecule has 24 heavy (non-hydrogen) atoms. The predicted molar refractivity (Wildman–Crippen MR) is 100 cm³/mol. The number of aromatic nitrogens is 2. The van der Waals surface area contributed by atoms with E-state index in [1.54, 1.807) is 0 Å². The van der Waals surface area contributed by atoms with E-state index in [1.165, 1.54) is 33.6 Å². The summed E-state index contributed by atoms with van der Waals surface area (Å²) in [6, 6.07) is 17.0. The van der Waals surface area contributed by atoms with Gasteiger partial charge in [-0.05, 0) is 50.1 Å². The van der Waals surface area contributed by atoms with Crippen molar-refractivity contribution in [2.24, 2.45) is 0 Å². The van der Waals surface area contributed by atoms with Crippen LogP contribution in [0, 0.1) is 20.8 Å². The molecule has 0 fully saturated rings. The molecule has 0 saturated carbocycles. The average Bonchev–Trinajstić information content (AvgIpc) is 2.96. The monoisotopic (exact) mass is 315 g/mol. The Labute approximate surface area is 142 Å². The Balaban J connectivity index is 1.79. The van der Waals surface area contributed by atoms with E-state index >= 15 is 0 Å². The molecule has 1 atom stereocenters. The van der Waals surface area contributed by atoms with Gasteiger partial charge in [-0.3, -0.25) is 0 Å². The highest BCUT2D eigenvalue weighted by atomic mass is 15.4. The van der Waals surface area contributed by atoms with Crippen molar-refractivity contribution in [3.63, 3.8) is 0 Å². The highest BCUT2D eigenvalue weighted by Crippen LogP contribution is 2.39. The molecule has 1 unspecified atom stereocenters. The molecule has 1 aromatic heterocycles. The normalized spacial score (nSPS) is 15.9. The molecule has 0 spiro atoms. The van der Waals surface area contributed by atoms with Crippen LogP contribution in [0.3, 0.4) is 0 Å². The zero-order chi connectivity index (χ0) is 16.7. The van der Waals surface area contributed by atoms with Crippen molar-refractivity contribution in [1.29, 1.82) is 0 Å². The number of fused-ring (bicyclic) bond motifs is 3. The number of rotatable bonds is 2. The van der Waals surface area contributed by atoms with Crippen LogP contribution in [-0.2, 0) is 0 Å². The van der Waals surface area contributed by atoms with Crippen LogP contribution in [0.25, 0.3) is 17.3 Å². The highest BCUT2D eigenvalue weighted by molar-refractivity contribution is 5.81. The first kappa shape index (κ1) is 14.8. The van der Waals surface area contributed by atoms with E-state index in [-0.39, 0.29) is 6.17 Å². The van der Waals surface area contributed by atoms with Crippen molar-refractivity contribution < 1.29 is 0 Å². The van der Waals surface area contributed by atoms with E-state index < -0.39 is 0 Å². The van der Waals surface area contributed by atoms with Crippen LogP contribution in [0.5, 0.6) is 0 Å². The maximum Gasteiger partial charge on any atom is 0.140 e. The molecule has 3 aromatic rings. The van der Waals surface area contributed by atoms with E-state index in [2.05, 4.69) is 78.5 Å². The Hall–Kier alpha value is -2.81. The maximum atomic E-state index is 4.71. The minimum absolute atomic E-state index is 0.0165. The second-order valence-corrected chi connectivity index (χ2v) is 6.48. The fourth-order valence-corrected chi connectivity index (χ4v) is 3.40. The second-order valence-electron chi connectivity index (χ2n) is 6.48. The van der Waals surface area contributed by atoms with Crippen LogP contribution in [-0.4, -0.2) is 9.78 Å². The fourth-order valence-electron chi connectivity index (χ4n) is 3.40. The molecule has 4 rings (SSSR count). The molecule has 1 N–H and O–H groups in total. The molecule has 0 aliphatic carbocycles. The van der Waals surface area contributed by atoms with E-state index in [9.17, 15) is 0 Å². The van der Waals surface area contributed by atoms with Gasteiger partial charge < -0.3 is 5.32 Å². The number of nitrogens with zero attached hydrogens (tertiary/aromatic N) is 2. The fraction of sp³-hybridized carbons (Fsp3) is 0.190. The zero-order valence-electron chi connectivity index (χ0n) is 14.2. The largest absolute Gasteiger partial charge is 0.360 e. The smallest absolute Gasteiger partial charge is 0.140 e. The van der Waals surface area contributed by atoms with Gasteiger partial charge in [0.2, 0.25) is 0 Å². The summed E-state index contributed by atoms with van der Waals surface area (Å²) in [7, 11) is 0. The van der Waals surface area contributed by atoms with Crippen LogP contribution in [0.1, 0.15) is 28.6 Å². The van der Waals surface area contributed by atoms with Gasteiger partial charge in [-0.1, -0.05) is 48.0 Å². The SMILES string of the molecule is Cc1cc(C)c2c(c1)-c1cc(C)nn1C(C=Cc1ccccc1)N2. The molecule has 1 aliphatic heterocycles. The number of hydrogen-bond acceptors (Lipinski definition) is 2. The second kappa shape index (κ2) is 5.68. The zero-order valence-corrected chi connectivity index (χ0v) is 14.2. The maximum absolute atomic E-state index is 4.71. The standard InChI is InChI=1S/C21H21N3/c1-14-11-15(2)21-18(12-14)19-13-16(3)23-24(19)20(22-21)10-9-17-7-5-4-6-8-17/h4-13,20,22H,1-3H3. The lowest BCUT2D eigenvalue weighted by atomic mass is 9.99. The molecule has 1 aliphatic rings. The first-order chi connectivity index (χ1) is 11.6. The van der Waals surface area contributed by atoms with Crippen LogP contribution in [0.4, 0.5) is 5.69 Å². The molecular weight excluding hydrogens is 294 g/mol. The number of aryl methyl sites for hydroxylation is 3. The first-order valence-corrected chi connectivity index (χ1v) is 8.29. The van der Waals surface area contributed by atoms with Crippen LogP contribution >= 0.6 is 0 Å². The van der Waals surface area contributed by atoms with Gasteiger partial charge in [0.15, 0.2) is 0 Å². The number of anilines is 1. The molecule has 3 nitrogen and oxygen atoms in total. The summed E-state index contributed by atoms with van der Waals surface area (Å²) in [6.07, 6.45) is 4.34. The van der Waals surface area contributed by atoms with Crippen molar-refractivity contribution in [3.8, 4) is 11.3 Å². The third-order valence-electron chi connectivity index (χ3n) is 4.44. The van der Waals surface area contributed by atoms with E-state index in [4.69, 9.17) is 5.10 Å². The molecule has 0 bridgehead atoms. The van der Waals surface area contributed by atoms with Gasteiger partial charge >= 0.3 is 0 Å². The van der Waals surface area contributed by atoms with E-state index in [0.29, 0.717) is 0 Å². The van der Waals surface area contributed by atoms with E-state index in [1.807, 2.05) is 13.0 Å². The first-order valence-electron chi connectivity index (χ1n) is 8.29. The number of nitrogens with one attached hydrogen (secondary N) is 1. The Morgan fingerprint density at radius 1 is 1.04 bits per heavy atom. The Morgan fingerprint density at radius 3 is 2.62 bits per heavy atom. The van der Waals surface area contributed by atoms with Crippen molar-refractivity contribution in [2.75, 3.05) is 5.32 Å². The van der Waals surface area contributed by atoms with Gasteiger partial charge in [0.05, 0.1) is 11.4 Å². The van der Waals surface area contributed by atoms with Gasteiger partial charge in [-0.25, -0.2) is 4.68 Å². The van der Waals surface area contributed by atoms with E-state index in [0.717, 1.165) is 5.69 Å². The average molecular weight is 315 g/mol. The number of hydrogen-bond donors (Lipinski definition) is 1. The molecule has 0 amide bonds. The summed E-state index contributed by atoms with van der Waals surface area (Å²) >= 11 is 0. The Morgan fingerprint density at radius 2 is 1.83 bits per heavy atom. The molecule has 0 saturated heterocycles. The summed E-state index contributed by atoms with van der Waals surface area (Å²) in [5.74, 6) is 0. The van der Waals surface area contributed by atoms with Gasteiger partial charge in [-0.2, -0.15) is 5.10 Å². The molecule has 3 heteroatoms. The Bertz CT molecular complexity index is 920. The lowest BCUT2D eigenvalue weighted by Gasteiger charge is -2.28. The summed E-state index contributed by atoms with van der Waals surface area (Å²) < 4.78 is 2.08. The third-order valence-corrected chi connectivity index (χ3v) is 4.44. The number of benzene rings is 2. The summed E-state index contributed by atoms with van der Waals surface area (Å²) in [6.45, 7) is 6.35. The quantitative estimate of drug-likeness (QED) is 0.712. The van der Waals surface area contributed by atoms with Crippen LogP contribution in [0.2, 0.25) is 0 Å². The lowest BCUT2D eigenvalue weighted by molar-refractivity contribution is 0.588. The van der Waals surface area contributed by atoms with Crippen LogP contribution in [0.15, 0.2) is 54.6 Å². The summed E-state index contributed by atoms with van der Waals surface area (Å²) in [5.41, 5.74) is 8.39. The minimum atomic E-state index is 0.0165. The van der Waals surface area contributed by atoms with Gasteiger partial charge in [0.1, 0.15) is 6.17 Å². The molecule has 2 aromatic carbocycles. The molecule has 120 valence electrons.